The van der Waals surface area contributed by atoms with Crippen molar-refractivity contribution in [1.82, 2.24) is 20.2 Å². The lowest BCUT2D eigenvalue weighted by Crippen LogP contribution is -2.30. The number of nitrogens with one attached hydrogen (secondary N) is 2. The number of furan rings is 1. The predicted molar refractivity (Wildman–Crippen MR) is 137 cm³/mol. The molecule has 8 heteroatoms. The lowest BCUT2D eigenvalue weighted by atomic mass is 9.99. The number of hydrogen-bond acceptors (Lipinski definition) is 5. The largest absolute Gasteiger partial charge is 0.490 e. The Balaban J connectivity index is 1.26. The zero-order chi connectivity index (χ0) is 24.6. The zero-order valence-corrected chi connectivity index (χ0v) is 19.6. The molecule has 7 nitrogen and oxygen atoms in total. The second kappa shape index (κ2) is 8.98. The summed E-state index contributed by atoms with van der Waals surface area (Å²) in [6.45, 7) is 2.30. The molecule has 1 atom stereocenters. The van der Waals surface area contributed by atoms with Gasteiger partial charge in [0.05, 0.1) is 29.9 Å². The molecule has 0 saturated heterocycles. The molecule has 4 aromatic heterocycles. The Labute approximate surface area is 206 Å². The fourth-order valence-electron chi connectivity index (χ4n) is 4.55. The highest BCUT2D eigenvalue weighted by molar-refractivity contribution is 5.90. The summed E-state index contributed by atoms with van der Waals surface area (Å²) in [7, 11) is 0. The van der Waals surface area contributed by atoms with Crippen molar-refractivity contribution in [3.8, 4) is 28.1 Å². The number of halogens is 1. The Hall–Kier alpha value is -4.43. The summed E-state index contributed by atoms with van der Waals surface area (Å²) in [5.41, 5.74) is 13.7. The van der Waals surface area contributed by atoms with E-state index in [-0.39, 0.29) is 11.9 Å². The summed E-state index contributed by atoms with van der Waals surface area (Å²) in [6, 6.07) is 14.4. The van der Waals surface area contributed by atoms with Crippen LogP contribution in [0.2, 0.25) is 0 Å². The molecule has 36 heavy (non-hydrogen) atoms. The van der Waals surface area contributed by atoms with E-state index in [9.17, 15) is 4.39 Å². The summed E-state index contributed by atoms with van der Waals surface area (Å²) in [4.78, 5) is 7.81. The van der Waals surface area contributed by atoms with Gasteiger partial charge < -0.3 is 19.9 Å². The van der Waals surface area contributed by atoms with Crippen LogP contribution in [0.15, 0.2) is 77.9 Å². The number of ether oxygens (including phenoxy) is 1. The van der Waals surface area contributed by atoms with E-state index >= 15 is 0 Å². The van der Waals surface area contributed by atoms with E-state index in [0.29, 0.717) is 18.8 Å². The number of fused-ring (bicyclic) bond motifs is 2. The molecule has 0 spiro atoms. The Bertz CT molecular complexity index is 1670. The Morgan fingerprint density at radius 3 is 2.86 bits per heavy atom. The Kier molecular flexibility index (Phi) is 5.50. The molecule has 0 amide bonds. The van der Waals surface area contributed by atoms with Crippen molar-refractivity contribution in [1.29, 1.82) is 0 Å². The minimum atomic E-state index is -0.271. The average Bonchev–Trinajstić information content (AvgIpc) is 3.64. The van der Waals surface area contributed by atoms with E-state index < -0.39 is 0 Å². The van der Waals surface area contributed by atoms with Crippen LogP contribution in [0, 0.1) is 12.7 Å². The van der Waals surface area contributed by atoms with Crippen LogP contribution < -0.4 is 10.5 Å². The van der Waals surface area contributed by atoms with E-state index in [1.54, 1.807) is 24.8 Å². The first-order chi connectivity index (χ1) is 17.5. The van der Waals surface area contributed by atoms with E-state index in [0.717, 1.165) is 55.4 Å². The number of H-pyrrole nitrogens is 2. The van der Waals surface area contributed by atoms with Crippen LogP contribution in [0.1, 0.15) is 11.3 Å². The van der Waals surface area contributed by atoms with Gasteiger partial charge in [-0.1, -0.05) is 6.07 Å². The highest BCUT2D eigenvalue weighted by atomic mass is 19.1. The summed E-state index contributed by atoms with van der Waals surface area (Å²) in [5.74, 6) is 0.352. The van der Waals surface area contributed by atoms with Crippen molar-refractivity contribution in [2.75, 3.05) is 6.61 Å². The lowest BCUT2D eigenvalue weighted by molar-refractivity contribution is 0.287. The molecule has 0 saturated carbocycles. The zero-order valence-electron chi connectivity index (χ0n) is 19.6. The van der Waals surface area contributed by atoms with Crippen molar-refractivity contribution < 1.29 is 13.5 Å². The number of aromatic amines is 2. The Morgan fingerprint density at radius 1 is 1.08 bits per heavy atom. The number of nitrogens with two attached hydrogens (primary N) is 1. The van der Waals surface area contributed by atoms with Crippen molar-refractivity contribution in [2.24, 2.45) is 5.73 Å². The molecule has 4 N–H and O–H groups in total. The van der Waals surface area contributed by atoms with Crippen molar-refractivity contribution in [3.05, 3.63) is 90.5 Å². The van der Waals surface area contributed by atoms with Crippen LogP contribution in [-0.4, -0.2) is 32.8 Å². The molecule has 0 aliphatic rings. The van der Waals surface area contributed by atoms with Gasteiger partial charge in [-0.3, -0.25) is 10.1 Å². The molecule has 0 bridgehead atoms. The van der Waals surface area contributed by atoms with Crippen molar-refractivity contribution >= 4 is 21.8 Å². The first-order valence-electron chi connectivity index (χ1n) is 11.7. The summed E-state index contributed by atoms with van der Waals surface area (Å²) >= 11 is 0. The van der Waals surface area contributed by atoms with Gasteiger partial charge in [-0.25, -0.2) is 4.39 Å². The third-order valence-corrected chi connectivity index (χ3v) is 6.39. The maximum absolute atomic E-state index is 13.5. The molecule has 0 unspecified atom stereocenters. The highest BCUT2D eigenvalue weighted by Gasteiger charge is 2.15. The van der Waals surface area contributed by atoms with Gasteiger partial charge in [0.1, 0.15) is 18.2 Å². The summed E-state index contributed by atoms with van der Waals surface area (Å²) in [6.07, 6.45) is 7.48. The summed E-state index contributed by atoms with van der Waals surface area (Å²) in [5, 5.41) is 9.38. The van der Waals surface area contributed by atoms with E-state index in [2.05, 4.69) is 21.2 Å². The van der Waals surface area contributed by atoms with Gasteiger partial charge >= 0.3 is 0 Å². The maximum Gasteiger partial charge on any atom is 0.138 e. The predicted octanol–water partition coefficient (Wildman–Crippen LogP) is 5.76. The van der Waals surface area contributed by atoms with Crippen LogP contribution in [0.3, 0.4) is 0 Å². The molecule has 0 aliphatic carbocycles. The molecule has 180 valence electrons. The third-order valence-electron chi connectivity index (χ3n) is 6.39. The SMILES string of the molecule is Cc1[nH]nc2ccc(-c3cc(OC[C@@H](N)Cc4c[nH]c5cc(F)ccc45)cnc3-c3ccoc3)cc12. The number of rotatable bonds is 7. The van der Waals surface area contributed by atoms with E-state index in [1.807, 2.05) is 37.4 Å². The molecule has 6 rings (SSSR count). The normalized spacial score (nSPS) is 12.4. The number of nitrogens with zero attached hydrogens (tertiary/aromatic N) is 2. The fraction of sp³-hybridized carbons (Fsp3) is 0.143. The molecule has 4 heterocycles. The van der Waals surface area contributed by atoms with Gasteiger partial charge in [-0.15, -0.1) is 0 Å². The second-order valence-electron chi connectivity index (χ2n) is 8.94. The van der Waals surface area contributed by atoms with Gasteiger partial charge in [-0.2, -0.15) is 5.10 Å². The Morgan fingerprint density at radius 2 is 2.00 bits per heavy atom. The fourth-order valence-corrected chi connectivity index (χ4v) is 4.55. The quantitative estimate of drug-likeness (QED) is 0.269. The van der Waals surface area contributed by atoms with Gasteiger partial charge in [0.2, 0.25) is 0 Å². The van der Waals surface area contributed by atoms with Crippen LogP contribution >= 0.6 is 0 Å². The number of aryl methyl sites for hydroxylation is 1. The van der Waals surface area contributed by atoms with E-state index in [4.69, 9.17) is 19.9 Å². The van der Waals surface area contributed by atoms with Gasteiger partial charge in [0.25, 0.3) is 0 Å². The standard InChI is InChI=1S/C28H24FN5O2/c1-16-24-9-17(2-5-26(24)34-33-16)25-11-22(13-32-28(25)18-6-7-35-14-18)36-15-21(30)8-19-12-31-27-10-20(29)3-4-23(19)27/h2-7,9-14,21,31H,8,15,30H2,1H3,(H,33,34)/t21-/m0/s1. The average molecular weight is 482 g/mol. The van der Waals surface area contributed by atoms with Crippen LogP contribution in [-0.2, 0) is 6.42 Å². The second-order valence-corrected chi connectivity index (χ2v) is 8.94. The first kappa shape index (κ1) is 22.1. The molecule has 2 aromatic carbocycles. The number of aromatic nitrogens is 4. The smallest absolute Gasteiger partial charge is 0.138 e. The highest BCUT2D eigenvalue weighted by Crippen LogP contribution is 2.35. The number of hydrogen-bond donors (Lipinski definition) is 3. The molecule has 0 aliphatic heterocycles. The molecular weight excluding hydrogens is 457 g/mol. The first-order valence-corrected chi connectivity index (χ1v) is 11.7. The minimum absolute atomic E-state index is 0.254. The van der Waals surface area contributed by atoms with Gasteiger partial charge in [0, 0.05) is 45.3 Å². The summed E-state index contributed by atoms with van der Waals surface area (Å²) < 4.78 is 24.9. The maximum atomic E-state index is 13.5. The van der Waals surface area contributed by atoms with E-state index in [1.165, 1.54) is 12.1 Å². The molecular formula is C28H24FN5O2. The molecule has 0 fully saturated rings. The number of pyridine rings is 1. The molecule has 6 aromatic rings. The molecule has 0 radical (unpaired) electrons. The van der Waals surface area contributed by atoms with Crippen LogP contribution in [0.25, 0.3) is 44.2 Å². The number of benzene rings is 2. The van der Waals surface area contributed by atoms with Gasteiger partial charge in [-0.05, 0) is 66.9 Å². The van der Waals surface area contributed by atoms with Crippen LogP contribution in [0.4, 0.5) is 4.39 Å². The minimum Gasteiger partial charge on any atom is -0.490 e. The van der Waals surface area contributed by atoms with Crippen molar-refractivity contribution in [2.45, 2.75) is 19.4 Å². The lowest BCUT2D eigenvalue weighted by Gasteiger charge is -2.15. The topological polar surface area (TPSA) is 106 Å². The van der Waals surface area contributed by atoms with Crippen molar-refractivity contribution in [3.63, 3.8) is 0 Å². The monoisotopic (exact) mass is 481 g/mol. The van der Waals surface area contributed by atoms with Crippen LogP contribution in [0.5, 0.6) is 5.75 Å². The third kappa shape index (κ3) is 4.12. The van der Waals surface area contributed by atoms with Gasteiger partial charge in [0.15, 0.2) is 0 Å².